The molecule has 2 aromatic heterocycles. The fourth-order valence-corrected chi connectivity index (χ4v) is 2.58. The molecule has 0 fully saturated rings. The van der Waals surface area contributed by atoms with Crippen molar-refractivity contribution in [2.24, 2.45) is 0 Å². The van der Waals surface area contributed by atoms with Crippen molar-refractivity contribution in [1.82, 2.24) is 25.8 Å². The van der Waals surface area contributed by atoms with Crippen LogP contribution in [-0.2, 0) is 23.9 Å². The standard InChI is InChI=1S/C16H25N5O2S/c1-15(2,3)10-7-17-11(23-10)8-18-14(22)19-9-12-20-21-13(24-12)16(4,5)6/h7H,8-9H2,1-6H3,(H2,18,19,22). The number of urea groups is 1. The highest BCUT2D eigenvalue weighted by atomic mass is 32.1. The van der Waals surface area contributed by atoms with Gasteiger partial charge in [0, 0.05) is 10.8 Å². The Morgan fingerprint density at radius 3 is 2.29 bits per heavy atom. The summed E-state index contributed by atoms with van der Waals surface area (Å²) in [5.41, 5.74) is -0.135. The van der Waals surface area contributed by atoms with Crippen LogP contribution in [0.2, 0.25) is 0 Å². The van der Waals surface area contributed by atoms with Crippen molar-refractivity contribution in [2.45, 2.75) is 65.5 Å². The predicted molar refractivity (Wildman–Crippen MR) is 92.9 cm³/mol. The molecule has 0 aliphatic heterocycles. The van der Waals surface area contributed by atoms with E-state index < -0.39 is 0 Å². The van der Waals surface area contributed by atoms with E-state index in [2.05, 4.69) is 46.6 Å². The molecule has 0 aromatic carbocycles. The molecule has 7 nitrogen and oxygen atoms in total. The lowest BCUT2D eigenvalue weighted by molar-refractivity contribution is 0.238. The minimum Gasteiger partial charge on any atom is -0.443 e. The Morgan fingerprint density at radius 1 is 1.08 bits per heavy atom. The Bertz CT molecular complexity index is 636. The first-order chi connectivity index (χ1) is 11.1. The lowest BCUT2D eigenvalue weighted by Gasteiger charge is -2.13. The molecule has 0 spiro atoms. The number of carbonyl (C=O) groups excluding carboxylic acids is 1. The van der Waals surface area contributed by atoms with Crippen LogP contribution in [0.4, 0.5) is 4.79 Å². The molecule has 0 saturated carbocycles. The van der Waals surface area contributed by atoms with Gasteiger partial charge in [0.1, 0.15) is 15.8 Å². The van der Waals surface area contributed by atoms with E-state index in [0.29, 0.717) is 12.4 Å². The van der Waals surface area contributed by atoms with Crippen LogP contribution in [0.3, 0.4) is 0 Å². The number of carbonyl (C=O) groups is 1. The highest BCUT2D eigenvalue weighted by Crippen LogP contribution is 2.25. The van der Waals surface area contributed by atoms with E-state index >= 15 is 0 Å². The van der Waals surface area contributed by atoms with Gasteiger partial charge in [0.2, 0.25) is 5.89 Å². The largest absolute Gasteiger partial charge is 0.443 e. The van der Waals surface area contributed by atoms with Gasteiger partial charge < -0.3 is 15.1 Å². The maximum Gasteiger partial charge on any atom is 0.315 e. The zero-order valence-electron chi connectivity index (χ0n) is 15.1. The van der Waals surface area contributed by atoms with Gasteiger partial charge in [-0.1, -0.05) is 52.9 Å². The van der Waals surface area contributed by atoms with Crippen LogP contribution in [0.5, 0.6) is 0 Å². The predicted octanol–water partition coefficient (Wildman–Crippen LogP) is 3.12. The first-order valence-corrected chi connectivity index (χ1v) is 8.67. The molecule has 0 saturated heterocycles. The molecule has 0 radical (unpaired) electrons. The number of hydrogen-bond donors (Lipinski definition) is 2. The summed E-state index contributed by atoms with van der Waals surface area (Å²) >= 11 is 1.51. The summed E-state index contributed by atoms with van der Waals surface area (Å²) in [5, 5.41) is 15.5. The van der Waals surface area contributed by atoms with Crippen LogP contribution < -0.4 is 10.6 Å². The molecule has 0 bridgehead atoms. The average Bonchev–Trinajstić information content (AvgIpc) is 3.10. The molecule has 24 heavy (non-hydrogen) atoms. The van der Waals surface area contributed by atoms with E-state index in [1.54, 1.807) is 6.20 Å². The highest BCUT2D eigenvalue weighted by molar-refractivity contribution is 7.11. The third-order valence-electron chi connectivity index (χ3n) is 3.20. The lowest BCUT2D eigenvalue weighted by Crippen LogP contribution is -2.34. The topological polar surface area (TPSA) is 92.9 Å². The molecule has 0 aliphatic rings. The van der Waals surface area contributed by atoms with Crippen LogP contribution in [0.25, 0.3) is 0 Å². The van der Waals surface area contributed by atoms with Gasteiger partial charge in [0.05, 0.1) is 19.3 Å². The number of aromatic nitrogens is 3. The monoisotopic (exact) mass is 351 g/mol. The van der Waals surface area contributed by atoms with Gasteiger partial charge in [0.25, 0.3) is 0 Å². The average molecular weight is 351 g/mol. The van der Waals surface area contributed by atoms with Crippen molar-refractivity contribution in [1.29, 1.82) is 0 Å². The zero-order chi connectivity index (χ0) is 18.0. The van der Waals surface area contributed by atoms with Gasteiger partial charge in [-0.2, -0.15) is 0 Å². The highest BCUT2D eigenvalue weighted by Gasteiger charge is 2.20. The van der Waals surface area contributed by atoms with Gasteiger partial charge in [-0.05, 0) is 0 Å². The number of nitrogens with zero attached hydrogens (tertiary/aromatic N) is 3. The van der Waals surface area contributed by atoms with Crippen molar-refractivity contribution in [3.05, 3.63) is 27.9 Å². The number of amides is 2. The van der Waals surface area contributed by atoms with Gasteiger partial charge in [-0.25, -0.2) is 9.78 Å². The van der Waals surface area contributed by atoms with Crippen molar-refractivity contribution in [2.75, 3.05) is 0 Å². The summed E-state index contributed by atoms with van der Waals surface area (Å²) in [6, 6.07) is -0.294. The summed E-state index contributed by atoms with van der Waals surface area (Å²) in [7, 11) is 0. The summed E-state index contributed by atoms with van der Waals surface area (Å²) < 4.78 is 5.63. The van der Waals surface area contributed by atoms with Crippen LogP contribution in [0, 0.1) is 0 Å². The summed E-state index contributed by atoms with van der Waals surface area (Å²) in [4.78, 5) is 16.0. The number of hydrogen-bond acceptors (Lipinski definition) is 6. The van der Waals surface area contributed by atoms with E-state index in [-0.39, 0.29) is 23.4 Å². The molecule has 0 aliphatic carbocycles. The second-order valence-electron chi connectivity index (χ2n) is 7.66. The molecule has 2 aromatic rings. The van der Waals surface area contributed by atoms with E-state index in [9.17, 15) is 4.79 Å². The maximum atomic E-state index is 11.9. The number of oxazole rings is 1. The third kappa shape index (κ3) is 5.02. The molecule has 2 amide bonds. The van der Waals surface area contributed by atoms with Crippen LogP contribution in [-0.4, -0.2) is 21.2 Å². The summed E-state index contributed by atoms with van der Waals surface area (Å²) in [6.07, 6.45) is 1.70. The van der Waals surface area contributed by atoms with Crippen molar-refractivity contribution in [3.63, 3.8) is 0 Å². The Morgan fingerprint density at radius 2 is 1.75 bits per heavy atom. The van der Waals surface area contributed by atoms with Gasteiger partial charge in [0.15, 0.2) is 0 Å². The Labute approximate surface area is 146 Å². The molecule has 132 valence electrons. The van der Waals surface area contributed by atoms with E-state index in [1.807, 2.05) is 20.8 Å². The van der Waals surface area contributed by atoms with Crippen LogP contribution in [0.1, 0.15) is 63.2 Å². The Kier molecular flexibility index (Phi) is 5.27. The normalized spacial score (nSPS) is 12.2. The molecule has 0 unspecified atom stereocenters. The van der Waals surface area contributed by atoms with E-state index in [4.69, 9.17) is 4.42 Å². The number of nitrogens with one attached hydrogen (secondary N) is 2. The molecular formula is C16H25N5O2S. The second-order valence-corrected chi connectivity index (χ2v) is 8.72. The maximum absolute atomic E-state index is 11.9. The van der Waals surface area contributed by atoms with Gasteiger partial charge >= 0.3 is 6.03 Å². The first kappa shape index (κ1) is 18.4. The van der Waals surface area contributed by atoms with Crippen LogP contribution >= 0.6 is 11.3 Å². The molecule has 2 N–H and O–H groups in total. The van der Waals surface area contributed by atoms with E-state index in [0.717, 1.165) is 15.8 Å². The molecule has 0 atom stereocenters. The molecule has 8 heteroatoms. The number of rotatable bonds is 4. The third-order valence-corrected chi connectivity index (χ3v) is 4.55. The lowest BCUT2D eigenvalue weighted by atomic mass is 9.94. The fraction of sp³-hybridized carbons (Fsp3) is 0.625. The second kappa shape index (κ2) is 6.88. The molecule has 2 heterocycles. The van der Waals surface area contributed by atoms with Crippen LogP contribution in [0.15, 0.2) is 10.6 Å². The van der Waals surface area contributed by atoms with Gasteiger partial charge in [-0.3, -0.25) is 0 Å². The van der Waals surface area contributed by atoms with Crippen molar-refractivity contribution < 1.29 is 9.21 Å². The van der Waals surface area contributed by atoms with Crippen molar-refractivity contribution >= 4 is 17.4 Å². The first-order valence-electron chi connectivity index (χ1n) is 7.85. The minimum atomic E-state index is -0.294. The summed E-state index contributed by atoms with van der Waals surface area (Å²) in [6.45, 7) is 13.0. The van der Waals surface area contributed by atoms with Gasteiger partial charge in [-0.15, -0.1) is 10.2 Å². The van der Waals surface area contributed by atoms with E-state index in [1.165, 1.54) is 11.3 Å². The minimum absolute atomic E-state index is 0.0338. The fourth-order valence-electron chi connectivity index (χ4n) is 1.74. The Hall–Kier alpha value is -1.96. The quantitative estimate of drug-likeness (QED) is 0.883. The summed E-state index contributed by atoms with van der Waals surface area (Å²) in [5.74, 6) is 1.28. The molecule has 2 rings (SSSR count). The zero-order valence-corrected chi connectivity index (χ0v) is 15.9. The van der Waals surface area contributed by atoms with Crippen molar-refractivity contribution in [3.8, 4) is 0 Å². The SMILES string of the molecule is CC(C)(C)c1cnc(CNC(=O)NCc2nnc(C(C)(C)C)s2)o1. The Balaban J connectivity index is 1.79. The smallest absolute Gasteiger partial charge is 0.315 e. The molecular weight excluding hydrogens is 326 g/mol.